The van der Waals surface area contributed by atoms with Crippen LogP contribution in [0.15, 0.2) is 24.3 Å². The molecule has 1 aromatic carbocycles. The Morgan fingerprint density at radius 1 is 1.36 bits per heavy atom. The topological polar surface area (TPSA) is 36.1 Å². The van der Waals surface area contributed by atoms with Crippen molar-refractivity contribution in [2.45, 2.75) is 46.1 Å². The van der Waals surface area contributed by atoms with Crippen LogP contribution in [0.4, 0.5) is 4.39 Å². The summed E-state index contributed by atoms with van der Waals surface area (Å²) in [7, 11) is 0. The molecule has 1 amide bonds. The molecule has 3 rings (SSSR count). The van der Waals surface area contributed by atoms with Crippen LogP contribution in [-0.2, 0) is 0 Å². The summed E-state index contributed by atoms with van der Waals surface area (Å²) in [4.78, 5) is 17.9. The van der Waals surface area contributed by atoms with Crippen LogP contribution in [0, 0.1) is 11.2 Å². The minimum absolute atomic E-state index is 0.0309. The van der Waals surface area contributed by atoms with Gasteiger partial charge in [-0.3, -0.25) is 4.79 Å². The molecule has 1 aliphatic heterocycles. The SMILES string of the molecule is CC(C)(C)CC1CCCN1C(=O)c1cc2cc(F)ccc2[nH]1. The summed E-state index contributed by atoms with van der Waals surface area (Å²) in [5.74, 6) is -0.249. The average molecular weight is 302 g/mol. The van der Waals surface area contributed by atoms with E-state index < -0.39 is 0 Å². The van der Waals surface area contributed by atoms with Crippen molar-refractivity contribution >= 4 is 16.8 Å². The van der Waals surface area contributed by atoms with E-state index in [1.54, 1.807) is 12.1 Å². The fourth-order valence-electron chi connectivity index (χ4n) is 3.40. The molecule has 2 aromatic rings. The first-order valence-electron chi connectivity index (χ1n) is 7.93. The molecule has 4 heteroatoms. The van der Waals surface area contributed by atoms with Gasteiger partial charge < -0.3 is 9.88 Å². The number of carbonyl (C=O) groups is 1. The van der Waals surface area contributed by atoms with E-state index in [0.29, 0.717) is 11.7 Å². The molecule has 0 saturated carbocycles. The summed E-state index contributed by atoms with van der Waals surface area (Å²) >= 11 is 0. The number of nitrogens with one attached hydrogen (secondary N) is 1. The van der Waals surface area contributed by atoms with Crippen molar-refractivity contribution in [3.63, 3.8) is 0 Å². The number of hydrogen-bond donors (Lipinski definition) is 1. The second-order valence-electron chi connectivity index (χ2n) is 7.47. The van der Waals surface area contributed by atoms with Crippen LogP contribution in [-0.4, -0.2) is 28.4 Å². The molecule has 2 heterocycles. The number of carbonyl (C=O) groups excluding carboxylic acids is 1. The molecule has 1 aromatic heterocycles. The van der Waals surface area contributed by atoms with E-state index in [1.165, 1.54) is 12.1 Å². The zero-order valence-corrected chi connectivity index (χ0v) is 13.4. The molecule has 0 spiro atoms. The number of likely N-dealkylation sites (tertiary alicyclic amines) is 1. The van der Waals surface area contributed by atoms with Crippen LogP contribution >= 0.6 is 0 Å². The maximum absolute atomic E-state index is 13.3. The Hall–Kier alpha value is -1.84. The van der Waals surface area contributed by atoms with Gasteiger partial charge in [-0.1, -0.05) is 20.8 Å². The van der Waals surface area contributed by atoms with Gasteiger partial charge in [0.1, 0.15) is 11.5 Å². The third-order valence-electron chi connectivity index (χ3n) is 4.30. The summed E-state index contributed by atoms with van der Waals surface area (Å²) in [6.45, 7) is 7.43. The van der Waals surface area contributed by atoms with E-state index in [-0.39, 0.29) is 17.1 Å². The summed E-state index contributed by atoms with van der Waals surface area (Å²) in [6, 6.07) is 6.60. The molecule has 0 bridgehead atoms. The first-order chi connectivity index (χ1) is 10.3. The van der Waals surface area contributed by atoms with Gasteiger partial charge >= 0.3 is 0 Å². The van der Waals surface area contributed by atoms with Gasteiger partial charge in [-0.15, -0.1) is 0 Å². The van der Waals surface area contributed by atoms with E-state index >= 15 is 0 Å². The zero-order chi connectivity index (χ0) is 15.9. The minimum atomic E-state index is -0.280. The molecule has 1 saturated heterocycles. The number of H-pyrrole nitrogens is 1. The third kappa shape index (κ3) is 3.01. The van der Waals surface area contributed by atoms with Crippen molar-refractivity contribution in [2.24, 2.45) is 5.41 Å². The maximum Gasteiger partial charge on any atom is 0.270 e. The van der Waals surface area contributed by atoms with E-state index in [2.05, 4.69) is 25.8 Å². The number of halogens is 1. The van der Waals surface area contributed by atoms with Crippen LogP contribution in [0.1, 0.15) is 50.5 Å². The van der Waals surface area contributed by atoms with E-state index in [0.717, 1.165) is 36.7 Å². The van der Waals surface area contributed by atoms with Crippen molar-refractivity contribution in [1.29, 1.82) is 0 Å². The quantitative estimate of drug-likeness (QED) is 0.879. The molecule has 0 radical (unpaired) electrons. The lowest BCUT2D eigenvalue weighted by molar-refractivity contribution is 0.0699. The lowest BCUT2D eigenvalue weighted by atomic mass is 9.87. The van der Waals surface area contributed by atoms with Crippen LogP contribution in [0.5, 0.6) is 0 Å². The number of aromatic amines is 1. The first kappa shape index (κ1) is 15.1. The van der Waals surface area contributed by atoms with Gasteiger partial charge in [-0.2, -0.15) is 0 Å². The molecule has 1 N–H and O–H groups in total. The Bertz CT molecular complexity index is 699. The van der Waals surface area contributed by atoms with Gasteiger partial charge in [0.15, 0.2) is 0 Å². The predicted molar refractivity (Wildman–Crippen MR) is 86.4 cm³/mol. The minimum Gasteiger partial charge on any atom is -0.351 e. The van der Waals surface area contributed by atoms with Crippen LogP contribution < -0.4 is 0 Å². The third-order valence-corrected chi connectivity index (χ3v) is 4.30. The largest absolute Gasteiger partial charge is 0.351 e. The van der Waals surface area contributed by atoms with Crippen molar-refractivity contribution in [3.05, 3.63) is 35.8 Å². The number of benzene rings is 1. The molecule has 1 atom stereocenters. The molecule has 1 unspecified atom stereocenters. The Labute approximate surface area is 130 Å². The van der Waals surface area contributed by atoms with Crippen LogP contribution in [0.25, 0.3) is 10.9 Å². The van der Waals surface area contributed by atoms with E-state index in [9.17, 15) is 9.18 Å². The molecular formula is C18H23FN2O. The van der Waals surface area contributed by atoms with Crippen molar-refractivity contribution < 1.29 is 9.18 Å². The molecule has 118 valence electrons. The Kier molecular flexibility index (Phi) is 3.71. The van der Waals surface area contributed by atoms with Crippen molar-refractivity contribution in [3.8, 4) is 0 Å². The van der Waals surface area contributed by atoms with E-state index in [1.807, 2.05) is 4.90 Å². The molecule has 22 heavy (non-hydrogen) atoms. The van der Waals surface area contributed by atoms with Crippen LogP contribution in [0.2, 0.25) is 0 Å². The smallest absolute Gasteiger partial charge is 0.270 e. The second kappa shape index (κ2) is 5.41. The monoisotopic (exact) mass is 302 g/mol. The van der Waals surface area contributed by atoms with Gasteiger partial charge in [0.05, 0.1) is 0 Å². The molecule has 0 aliphatic carbocycles. The highest BCUT2D eigenvalue weighted by molar-refractivity contribution is 5.98. The number of fused-ring (bicyclic) bond motifs is 1. The van der Waals surface area contributed by atoms with Gasteiger partial charge in [0, 0.05) is 23.5 Å². The zero-order valence-electron chi connectivity index (χ0n) is 13.4. The Morgan fingerprint density at radius 2 is 2.14 bits per heavy atom. The normalized spacial score (nSPS) is 19.1. The van der Waals surface area contributed by atoms with Gasteiger partial charge in [-0.05, 0) is 48.9 Å². The summed E-state index contributed by atoms with van der Waals surface area (Å²) in [6.07, 6.45) is 3.13. The highest BCUT2D eigenvalue weighted by Gasteiger charge is 2.32. The van der Waals surface area contributed by atoms with Crippen molar-refractivity contribution in [1.82, 2.24) is 9.88 Å². The molecular weight excluding hydrogens is 279 g/mol. The highest BCUT2D eigenvalue weighted by atomic mass is 19.1. The Balaban J connectivity index is 1.85. The number of aromatic nitrogens is 1. The fraction of sp³-hybridized carbons (Fsp3) is 0.500. The molecule has 1 aliphatic rings. The first-order valence-corrected chi connectivity index (χ1v) is 7.93. The van der Waals surface area contributed by atoms with Gasteiger partial charge in [-0.25, -0.2) is 4.39 Å². The molecule has 3 nitrogen and oxygen atoms in total. The van der Waals surface area contributed by atoms with Crippen molar-refractivity contribution in [2.75, 3.05) is 6.54 Å². The van der Waals surface area contributed by atoms with Gasteiger partial charge in [0.25, 0.3) is 5.91 Å². The standard InChI is InChI=1S/C18H23FN2O/c1-18(2,3)11-14-5-4-8-21(14)17(22)16-10-12-9-13(19)6-7-15(12)20-16/h6-7,9-10,14,20H,4-5,8,11H2,1-3H3. The Morgan fingerprint density at radius 3 is 2.86 bits per heavy atom. The summed E-state index contributed by atoms with van der Waals surface area (Å²) in [5, 5.41) is 0.745. The summed E-state index contributed by atoms with van der Waals surface area (Å²) < 4.78 is 13.3. The predicted octanol–water partition coefficient (Wildman–Crippen LogP) is 4.35. The number of nitrogens with zero attached hydrogens (tertiary/aromatic N) is 1. The number of rotatable bonds is 2. The molecule has 1 fully saturated rings. The lowest BCUT2D eigenvalue weighted by Gasteiger charge is -2.30. The fourth-order valence-corrected chi connectivity index (χ4v) is 3.40. The number of amides is 1. The van der Waals surface area contributed by atoms with Gasteiger partial charge in [0.2, 0.25) is 0 Å². The number of hydrogen-bond acceptors (Lipinski definition) is 1. The highest BCUT2D eigenvalue weighted by Crippen LogP contribution is 2.31. The summed E-state index contributed by atoms with van der Waals surface area (Å²) in [5.41, 5.74) is 1.56. The average Bonchev–Trinajstić information content (AvgIpc) is 3.01. The second-order valence-corrected chi connectivity index (χ2v) is 7.47. The lowest BCUT2D eigenvalue weighted by Crippen LogP contribution is -2.37. The maximum atomic E-state index is 13.3. The van der Waals surface area contributed by atoms with E-state index in [4.69, 9.17) is 0 Å². The van der Waals surface area contributed by atoms with Crippen LogP contribution in [0.3, 0.4) is 0 Å².